The van der Waals surface area contributed by atoms with Crippen LogP contribution in [0, 0.1) is 0 Å². The number of hydrogen-bond acceptors (Lipinski definition) is 0. The standard InChI is InChI=1S/C3H7BCl3Si/c1-4-3(5)8(2,6)7/h3H,1-2H3. The molecule has 0 fully saturated rings. The highest BCUT2D eigenvalue weighted by atomic mass is 35.7. The van der Waals surface area contributed by atoms with Crippen LogP contribution in [0.2, 0.25) is 13.4 Å². The third-order valence-electron chi connectivity index (χ3n) is 0.777. The summed E-state index contributed by atoms with van der Waals surface area (Å²) >= 11 is 17.1. The maximum Gasteiger partial charge on any atom is 0.257 e. The fourth-order valence-corrected chi connectivity index (χ4v) is 1.63. The monoisotopic (exact) mass is 187 g/mol. The van der Waals surface area contributed by atoms with Crippen molar-refractivity contribution in [1.82, 2.24) is 0 Å². The Bertz CT molecular complexity index is 71.4. The Balaban J connectivity index is 3.62. The summed E-state index contributed by atoms with van der Waals surface area (Å²) in [6.45, 7) is 1.55. The zero-order valence-electron chi connectivity index (χ0n) is 4.79. The zero-order chi connectivity index (χ0) is 6.78. The maximum absolute atomic E-state index is 5.72. The smallest absolute Gasteiger partial charge is 0.145 e. The molecule has 0 saturated heterocycles. The number of rotatable bonds is 2. The first-order valence-electron chi connectivity index (χ1n) is 2.30. The molecule has 1 radical (unpaired) electrons. The highest BCUT2D eigenvalue weighted by Gasteiger charge is 2.29. The third kappa shape index (κ3) is 3.23. The van der Waals surface area contributed by atoms with Crippen LogP contribution in [0.25, 0.3) is 0 Å². The van der Waals surface area contributed by atoms with E-state index in [4.69, 9.17) is 33.8 Å². The summed E-state index contributed by atoms with van der Waals surface area (Å²) < 4.78 is 0. The summed E-state index contributed by atoms with van der Waals surface area (Å²) in [6.07, 6.45) is 0. The van der Waals surface area contributed by atoms with Crippen LogP contribution >= 0.6 is 33.8 Å². The van der Waals surface area contributed by atoms with Crippen LogP contribution in [-0.2, 0) is 0 Å². The molecule has 0 rings (SSSR count). The lowest BCUT2D eigenvalue weighted by Crippen LogP contribution is -2.32. The predicted octanol–water partition coefficient (Wildman–Crippen LogP) is 2.39. The molecule has 0 N–H and O–H groups in total. The van der Waals surface area contributed by atoms with Crippen LogP contribution in [0.1, 0.15) is 0 Å². The Morgan fingerprint density at radius 3 is 1.88 bits per heavy atom. The van der Waals surface area contributed by atoms with E-state index in [2.05, 4.69) is 0 Å². The molecule has 0 aliphatic carbocycles. The van der Waals surface area contributed by atoms with Crippen molar-refractivity contribution in [2.45, 2.75) is 18.3 Å². The average Bonchev–Trinajstić information content (AvgIpc) is 1.62. The van der Waals surface area contributed by atoms with Crippen LogP contribution in [0.5, 0.6) is 0 Å². The molecule has 0 heterocycles. The summed E-state index contributed by atoms with van der Waals surface area (Å²) in [4.78, 5) is -0.133. The van der Waals surface area contributed by atoms with Gasteiger partial charge in [0.15, 0.2) is 0 Å². The summed E-state index contributed by atoms with van der Waals surface area (Å²) in [5.41, 5.74) is 0. The number of alkyl halides is 1. The minimum absolute atomic E-state index is 0.133. The van der Waals surface area contributed by atoms with E-state index in [1.165, 1.54) is 0 Å². The van der Waals surface area contributed by atoms with Crippen molar-refractivity contribution in [3.63, 3.8) is 0 Å². The van der Waals surface area contributed by atoms with E-state index < -0.39 is 6.69 Å². The molecule has 0 aromatic carbocycles. The van der Waals surface area contributed by atoms with Gasteiger partial charge in [-0.3, -0.25) is 0 Å². The molecule has 8 heavy (non-hydrogen) atoms. The minimum atomic E-state index is -2.11. The highest BCUT2D eigenvalue weighted by Crippen LogP contribution is 2.22. The molecule has 0 aromatic rings. The Hall–Kier alpha value is 1.15. The number of halogens is 3. The quantitative estimate of drug-likeness (QED) is 0.355. The predicted molar refractivity (Wildman–Crippen MR) is 44.6 cm³/mol. The molecule has 47 valence electrons. The average molecular weight is 188 g/mol. The molecular formula is C3H7BCl3Si. The van der Waals surface area contributed by atoms with Crippen molar-refractivity contribution in [1.29, 1.82) is 0 Å². The van der Waals surface area contributed by atoms with Gasteiger partial charge in [0.25, 0.3) is 6.69 Å². The second-order valence-corrected chi connectivity index (χ2v) is 10.4. The first kappa shape index (κ1) is 9.15. The Labute approximate surface area is 66.2 Å². The minimum Gasteiger partial charge on any atom is -0.145 e. The van der Waals surface area contributed by atoms with E-state index >= 15 is 0 Å². The Morgan fingerprint density at radius 1 is 1.50 bits per heavy atom. The van der Waals surface area contributed by atoms with Gasteiger partial charge in [-0.2, -0.15) is 0 Å². The van der Waals surface area contributed by atoms with Crippen molar-refractivity contribution < 1.29 is 0 Å². The largest absolute Gasteiger partial charge is 0.257 e. The molecular weight excluding hydrogens is 181 g/mol. The van der Waals surface area contributed by atoms with Gasteiger partial charge >= 0.3 is 0 Å². The van der Waals surface area contributed by atoms with E-state index in [0.29, 0.717) is 0 Å². The molecule has 0 saturated carbocycles. The van der Waals surface area contributed by atoms with Gasteiger partial charge in [0, 0.05) is 4.90 Å². The van der Waals surface area contributed by atoms with Crippen molar-refractivity contribution >= 4 is 47.7 Å². The molecule has 0 amide bonds. The number of hydrogen-bond donors (Lipinski definition) is 0. The van der Waals surface area contributed by atoms with Crippen LogP contribution in [0.15, 0.2) is 0 Å². The lowest BCUT2D eigenvalue weighted by atomic mass is 9.86. The molecule has 0 bridgehead atoms. The molecule has 0 aromatic heterocycles. The van der Waals surface area contributed by atoms with Gasteiger partial charge in [-0.25, -0.2) is 0 Å². The highest BCUT2D eigenvalue weighted by molar-refractivity contribution is 7.48. The van der Waals surface area contributed by atoms with Crippen LogP contribution in [-0.4, -0.2) is 18.9 Å². The van der Waals surface area contributed by atoms with Crippen molar-refractivity contribution in [3.05, 3.63) is 0 Å². The summed E-state index contributed by atoms with van der Waals surface area (Å²) in [5.74, 6) is 0. The van der Waals surface area contributed by atoms with Gasteiger partial charge in [-0.1, -0.05) is 6.82 Å². The van der Waals surface area contributed by atoms with E-state index in [9.17, 15) is 0 Å². The third-order valence-corrected chi connectivity index (χ3v) is 5.72. The summed E-state index contributed by atoms with van der Waals surface area (Å²) in [7, 11) is 1.81. The second-order valence-electron chi connectivity index (χ2n) is 1.69. The first-order chi connectivity index (χ1) is 3.48. The van der Waals surface area contributed by atoms with Gasteiger partial charge in [0.05, 0.1) is 0 Å². The van der Waals surface area contributed by atoms with E-state index in [-0.39, 0.29) is 4.90 Å². The van der Waals surface area contributed by atoms with Crippen LogP contribution in [0.4, 0.5) is 0 Å². The van der Waals surface area contributed by atoms with Gasteiger partial charge in [0.1, 0.15) is 7.28 Å². The van der Waals surface area contributed by atoms with Crippen molar-refractivity contribution in [2.75, 3.05) is 0 Å². The van der Waals surface area contributed by atoms with E-state index in [1.807, 2.05) is 14.1 Å². The fourth-order valence-electron chi connectivity index (χ4n) is 0.293. The van der Waals surface area contributed by atoms with Crippen molar-refractivity contribution in [2.24, 2.45) is 0 Å². The maximum atomic E-state index is 5.72. The van der Waals surface area contributed by atoms with Gasteiger partial charge in [0.2, 0.25) is 0 Å². The molecule has 0 aliphatic rings. The van der Waals surface area contributed by atoms with Crippen LogP contribution in [0.3, 0.4) is 0 Å². The molecule has 5 heteroatoms. The Morgan fingerprint density at radius 2 is 1.88 bits per heavy atom. The van der Waals surface area contributed by atoms with E-state index in [1.54, 1.807) is 6.55 Å². The lowest BCUT2D eigenvalue weighted by Gasteiger charge is -2.13. The lowest BCUT2D eigenvalue weighted by molar-refractivity contribution is 1.75. The second kappa shape index (κ2) is 3.35. The molecule has 1 atom stereocenters. The molecule has 1 unspecified atom stereocenters. The van der Waals surface area contributed by atoms with E-state index in [0.717, 1.165) is 0 Å². The molecule has 0 spiro atoms. The normalized spacial score (nSPS) is 15.6. The summed E-state index contributed by atoms with van der Waals surface area (Å²) in [6, 6.07) is 0. The topological polar surface area (TPSA) is 0 Å². The van der Waals surface area contributed by atoms with Crippen molar-refractivity contribution in [3.8, 4) is 0 Å². The zero-order valence-corrected chi connectivity index (χ0v) is 8.06. The van der Waals surface area contributed by atoms with Gasteiger partial charge in [-0.15, -0.1) is 33.8 Å². The van der Waals surface area contributed by atoms with Gasteiger partial charge < -0.3 is 0 Å². The molecule has 0 aliphatic heterocycles. The van der Waals surface area contributed by atoms with Gasteiger partial charge in [-0.05, 0) is 6.55 Å². The fraction of sp³-hybridized carbons (Fsp3) is 1.00. The summed E-state index contributed by atoms with van der Waals surface area (Å²) in [5, 5.41) is 0. The van der Waals surface area contributed by atoms with Crippen LogP contribution < -0.4 is 0 Å². The first-order valence-corrected chi connectivity index (χ1v) is 7.33. The Kier molecular flexibility index (Phi) is 3.84. The molecule has 0 nitrogen and oxygen atoms in total. The SMILES string of the molecule is C[B]C(Cl)[Si](C)(Cl)Cl.